The quantitative estimate of drug-likeness (QED) is 0.785. The van der Waals surface area contributed by atoms with Gasteiger partial charge in [-0.1, -0.05) is 6.07 Å². The number of thioether (sulfide) groups is 1. The first-order valence-electron chi connectivity index (χ1n) is 5.99. The van der Waals surface area contributed by atoms with Crippen LogP contribution in [0.5, 0.6) is 0 Å². The van der Waals surface area contributed by atoms with E-state index in [2.05, 4.69) is 0 Å². The first-order valence-corrected chi connectivity index (χ1v) is 6.98. The standard InChI is InChI=1S/C13H16F3NO2S/c1-17(6-5-12(18)19)7-8-20-11-4-2-3-10(9-11)13(14,15)16/h2-4,9H,5-8H2,1H3,(H,18,19). The molecule has 0 atom stereocenters. The van der Waals surface area contributed by atoms with Gasteiger partial charge in [0.05, 0.1) is 12.0 Å². The molecule has 0 radical (unpaired) electrons. The van der Waals surface area contributed by atoms with Gasteiger partial charge in [0.2, 0.25) is 0 Å². The van der Waals surface area contributed by atoms with E-state index in [-0.39, 0.29) is 6.42 Å². The van der Waals surface area contributed by atoms with E-state index in [1.54, 1.807) is 13.1 Å². The molecule has 1 N–H and O–H groups in total. The van der Waals surface area contributed by atoms with Gasteiger partial charge in [-0.3, -0.25) is 4.79 Å². The number of hydrogen-bond acceptors (Lipinski definition) is 3. The molecule has 0 heterocycles. The molecule has 0 unspecified atom stereocenters. The predicted molar refractivity (Wildman–Crippen MR) is 71.9 cm³/mol. The van der Waals surface area contributed by atoms with E-state index in [1.807, 2.05) is 4.90 Å². The topological polar surface area (TPSA) is 40.5 Å². The molecule has 1 aromatic rings. The maximum atomic E-state index is 12.5. The second-order valence-electron chi connectivity index (χ2n) is 4.32. The Morgan fingerprint density at radius 2 is 2.05 bits per heavy atom. The van der Waals surface area contributed by atoms with Crippen molar-refractivity contribution in [2.75, 3.05) is 25.9 Å². The fraction of sp³-hybridized carbons (Fsp3) is 0.462. The zero-order chi connectivity index (χ0) is 15.2. The lowest BCUT2D eigenvalue weighted by Gasteiger charge is -2.15. The molecule has 0 bridgehead atoms. The molecule has 0 spiro atoms. The smallest absolute Gasteiger partial charge is 0.416 e. The minimum Gasteiger partial charge on any atom is -0.481 e. The van der Waals surface area contributed by atoms with Crippen LogP contribution in [0.25, 0.3) is 0 Å². The molecule has 7 heteroatoms. The van der Waals surface area contributed by atoms with E-state index in [9.17, 15) is 18.0 Å². The second kappa shape index (κ2) is 7.54. The molecule has 0 fully saturated rings. The maximum absolute atomic E-state index is 12.5. The normalized spacial score (nSPS) is 11.8. The van der Waals surface area contributed by atoms with Crippen LogP contribution >= 0.6 is 11.8 Å². The fourth-order valence-corrected chi connectivity index (χ4v) is 2.50. The molecule has 0 aliphatic carbocycles. The average molecular weight is 307 g/mol. The summed E-state index contributed by atoms with van der Waals surface area (Å²) in [6.07, 6.45) is -4.26. The van der Waals surface area contributed by atoms with Gasteiger partial charge in [0.1, 0.15) is 0 Å². The van der Waals surface area contributed by atoms with Crippen molar-refractivity contribution in [2.45, 2.75) is 17.5 Å². The minimum absolute atomic E-state index is 0.0602. The van der Waals surface area contributed by atoms with Crippen LogP contribution in [0.1, 0.15) is 12.0 Å². The number of hydrogen-bond donors (Lipinski definition) is 1. The minimum atomic E-state index is -4.32. The van der Waals surface area contributed by atoms with Crippen LogP contribution in [0.15, 0.2) is 29.2 Å². The van der Waals surface area contributed by atoms with Crippen molar-refractivity contribution < 1.29 is 23.1 Å². The largest absolute Gasteiger partial charge is 0.481 e. The summed E-state index contributed by atoms with van der Waals surface area (Å²) in [6, 6.07) is 5.20. The molecule has 112 valence electrons. The fourth-order valence-electron chi connectivity index (χ4n) is 1.48. The van der Waals surface area contributed by atoms with Crippen molar-refractivity contribution in [3.8, 4) is 0 Å². The lowest BCUT2D eigenvalue weighted by Crippen LogP contribution is -2.24. The summed E-state index contributed by atoms with van der Waals surface area (Å²) in [5.74, 6) is -0.250. The van der Waals surface area contributed by atoms with Crippen molar-refractivity contribution in [2.24, 2.45) is 0 Å². The van der Waals surface area contributed by atoms with Crippen molar-refractivity contribution >= 4 is 17.7 Å². The number of benzene rings is 1. The van der Waals surface area contributed by atoms with E-state index in [4.69, 9.17) is 5.11 Å². The Bertz CT molecular complexity index is 451. The molecule has 0 saturated heterocycles. The van der Waals surface area contributed by atoms with E-state index in [1.165, 1.54) is 17.8 Å². The van der Waals surface area contributed by atoms with Gasteiger partial charge < -0.3 is 10.0 Å². The summed E-state index contributed by atoms with van der Waals surface area (Å²) in [5.41, 5.74) is -0.651. The Kier molecular flexibility index (Phi) is 6.35. The Labute approximate surface area is 119 Å². The van der Waals surface area contributed by atoms with Gasteiger partial charge in [0, 0.05) is 23.7 Å². The third-order valence-corrected chi connectivity index (χ3v) is 3.58. The SMILES string of the molecule is CN(CCSc1cccc(C(F)(F)F)c1)CCC(=O)O. The Hall–Kier alpha value is -1.21. The number of rotatable bonds is 7. The lowest BCUT2D eigenvalue weighted by molar-refractivity contribution is -0.138. The molecule has 1 aromatic carbocycles. The summed E-state index contributed by atoms with van der Waals surface area (Å²) in [4.78, 5) is 12.8. The third kappa shape index (κ3) is 6.29. The maximum Gasteiger partial charge on any atom is 0.416 e. The summed E-state index contributed by atoms with van der Waals surface area (Å²) >= 11 is 1.32. The van der Waals surface area contributed by atoms with E-state index in [0.29, 0.717) is 23.7 Å². The molecule has 20 heavy (non-hydrogen) atoms. The Morgan fingerprint density at radius 3 is 2.65 bits per heavy atom. The molecule has 0 aromatic heterocycles. The number of carbonyl (C=O) groups is 1. The highest BCUT2D eigenvalue weighted by molar-refractivity contribution is 7.99. The number of aliphatic carboxylic acids is 1. The van der Waals surface area contributed by atoms with Gasteiger partial charge in [-0.05, 0) is 25.2 Å². The summed E-state index contributed by atoms with van der Waals surface area (Å²) in [6.45, 7) is 1.05. The van der Waals surface area contributed by atoms with Gasteiger partial charge in [0.25, 0.3) is 0 Å². The highest BCUT2D eigenvalue weighted by Gasteiger charge is 2.30. The van der Waals surface area contributed by atoms with E-state index in [0.717, 1.165) is 12.1 Å². The monoisotopic (exact) mass is 307 g/mol. The number of alkyl halides is 3. The van der Waals surface area contributed by atoms with Crippen molar-refractivity contribution in [3.63, 3.8) is 0 Å². The zero-order valence-electron chi connectivity index (χ0n) is 11.0. The molecular formula is C13H16F3NO2S. The van der Waals surface area contributed by atoms with Crippen LogP contribution in [-0.4, -0.2) is 41.9 Å². The molecule has 3 nitrogen and oxygen atoms in total. The van der Waals surface area contributed by atoms with Gasteiger partial charge in [-0.2, -0.15) is 13.2 Å². The van der Waals surface area contributed by atoms with Crippen molar-refractivity contribution in [3.05, 3.63) is 29.8 Å². The van der Waals surface area contributed by atoms with Gasteiger partial charge in [-0.25, -0.2) is 0 Å². The van der Waals surface area contributed by atoms with E-state index >= 15 is 0 Å². The summed E-state index contributed by atoms with van der Waals surface area (Å²) < 4.78 is 37.6. The lowest BCUT2D eigenvalue weighted by atomic mass is 10.2. The number of halogens is 3. The van der Waals surface area contributed by atoms with Crippen molar-refractivity contribution in [1.82, 2.24) is 4.90 Å². The van der Waals surface area contributed by atoms with Gasteiger partial charge in [0.15, 0.2) is 0 Å². The number of nitrogens with zero attached hydrogens (tertiary/aromatic N) is 1. The first-order chi connectivity index (χ1) is 9.29. The van der Waals surface area contributed by atoms with Gasteiger partial charge >= 0.3 is 12.1 Å². The molecule has 0 saturated carbocycles. The molecule has 1 rings (SSSR count). The van der Waals surface area contributed by atoms with E-state index < -0.39 is 17.7 Å². The Balaban J connectivity index is 2.40. The van der Waals surface area contributed by atoms with Gasteiger partial charge in [-0.15, -0.1) is 11.8 Å². The zero-order valence-corrected chi connectivity index (χ0v) is 11.8. The molecule has 0 amide bonds. The van der Waals surface area contributed by atoms with Crippen LogP contribution in [0, 0.1) is 0 Å². The van der Waals surface area contributed by atoms with Crippen LogP contribution in [0.4, 0.5) is 13.2 Å². The predicted octanol–water partition coefficient (Wildman–Crippen LogP) is 3.20. The number of carboxylic acid groups (broad SMARTS) is 1. The molecular weight excluding hydrogens is 291 g/mol. The Morgan fingerprint density at radius 1 is 1.35 bits per heavy atom. The average Bonchev–Trinajstić information content (AvgIpc) is 2.36. The second-order valence-corrected chi connectivity index (χ2v) is 5.49. The molecule has 0 aliphatic heterocycles. The molecule has 0 aliphatic rings. The number of carboxylic acids is 1. The summed E-state index contributed by atoms with van der Waals surface area (Å²) in [7, 11) is 1.79. The van der Waals surface area contributed by atoms with Crippen LogP contribution in [0.2, 0.25) is 0 Å². The van der Waals surface area contributed by atoms with Crippen molar-refractivity contribution in [1.29, 1.82) is 0 Å². The highest BCUT2D eigenvalue weighted by Crippen LogP contribution is 2.31. The van der Waals surface area contributed by atoms with Crippen LogP contribution in [-0.2, 0) is 11.0 Å². The van der Waals surface area contributed by atoms with Crippen LogP contribution < -0.4 is 0 Å². The summed E-state index contributed by atoms with van der Waals surface area (Å²) in [5, 5.41) is 8.53. The third-order valence-electron chi connectivity index (χ3n) is 2.61. The van der Waals surface area contributed by atoms with Crippen LogP contribution in [0.3, 0.4) is 0 Å². The highest BCUT2D eigenvalue weighted by atomic mass is 32.2. The first kappa shape index (κ1) is 16.8.